The van der Waals surface area contributed by atoms with Gasteiger partial charge in [-0.15, -0.1) is 0 Å². The van der Waals surface area contributed by atoms with Crippen LogP contribution in [0.15, 0.2) is 28.9 Å². The maximum absolute atomic E-state index is 11.0. The van der Waals surface area contributed by atoms with Crippen molar-refractivity contribution < 1.29 is 13.9 Å². The first kappa shape index (κ1) is 11.1. The van der Waals surface area contributed by atoms with Gasteiger partial charge in [-0.05, 0) is 24.6 Å². The molecule has 0 saturated heterocycles. The fourth-order valence-electron chi connectivity index (χ4n) is 2.40. The summed E-state index contributed by atoms with van der Waals surface area (Å²) < 4.78 is 10.8. The van der Waals surface area contributed by atoms with E-state index in [1.807, 2.05) is 18.2 Å². The van der Waals surface area contributed by atoms with Gasteiger partial charge in [0.25, 0.3) is 0 Å². The Hall–Kier alpha value is -1.97. The Kier molecular flexibility index (Phi) is 2.51. The molecule has 0 bridgehead atoms. The molecule has 1 fully saturated rings. The lowest BCUT2D eigenvalue weighted by molar-refractivity contribution is -0.119. The van der Waals surface area contributed by atoms with Gasteiger partial charge in [-0.3, -0.25) is 4.79 Å². The summed E-state index contributed by atoms with van der Waals surface area (Å²) in [6, 6.07) is 6.02. The number of carbonyl (C=O) groups is 1. The fourth-order valence-corrected chi connectivity index (χ4v) is 2.40. The number of furan rings is 1. The Morgan fingerprint density at radius 1 is 1.50 bits per heavy atom. The lowest BCUT2D eigenvalue weighted by Crippen LogP contribution is -2.23. The van der Waals surface area contributed by atoms with E-state index in [9.17, 15) is 4.79 Å². The molecule has 2 aromatic rings. The Bertz CT molecular complexity index is 602. The summed E-state index contributed by atoms with van der Waals surface area (Å²) >= 11 is 0. The zero-order valence-corrected chi connectivity index (χ0v) is 10.4. The van der Waals surface area contributed by atoms with Crippen molar-refractivity contribution in [2.24, 2.45) is 0 Å². The van der Waals surface area contributed by atoms with Crippen molar-refractivity contribution in [3.05, 3.63) is 30.0 Å². The van der Waals surface area contributed by atoms with Crippen LogP contribution in [-0.2, 0) is 4.79 Å². The summed E-state index contributed by atoms with van der Waals surface area (Å²) in [5, 5.41) is 4.01. The molecule has 1 amide bonds. The molecule has 2 atom stereocenters. The highest BCUT2D eigenvalue weighted by Crippen LogP contribution is 2.44. The van der Waals surface area contributed by atoms with Crippen LogP contribution in [0.5, 0.6) is 5.75 Å². The number of rotatable bonds is 3. The van der Waals surface area contributed by atoms with Crippen molar-refractivity contribution in [2.75, 3.05) is 7.11 Å². The van der Waals surface area contributed by atoms with Gasteiger partial charge in [0, 0.05) is 29.8 Å². The topological polar surface area (TPSA) is 51.5 Å². The minimum absolute atomic E-state index is 0.0212. The van der Waals surface area contributed by atoms with E-state index in [1.165, 1.54) is 0 Å². The van der Waals surface area contributed by atoms with Gasteiger partial charge >= 0.3 is 0 Å². The SMILES string of the molecule is COc1ccc2occ([C@@H]3C[C@H]3NC(C)=O)c2c1. The van der Waals surface area contributed by atoms with Crippen molar-refractivity contribution in [3.63, 3.8) is 0 Å². The van der Waals surface area contributed by atoms with Gasteiger partial charge in [-0.25, -0.2) is 0 Å². The van der Waals surface area contributed by atoms with E-state index in [2.05, 4.69) is 5.32 Å². The number of amides is 1. The first-order chi connectivity index (χ1) is 8.69. The van der Waals surface area contributed by atoms with Gasteiger partial charge in [0.15, 0.2) is 0 Å². The smallest absolute Gasteiger partial charge is 0.217 e. The molecule has 0 aliphatic heterocycles. The largest absolute Gasteiger partial charge is 0.497 e. The normalized spacial score (nSPS) is 21.9. The molecule has 4 nitrogen and oxygen atoms in total. The van der Waals surface area contributed by atoms with Gasteiger partial charge in [0.1, 0.15) is 11.3 Å². The van der Waals surface area contributed by atoms with Crippen LogP contribution < -0.4 is 10.1 Å². The lowest BCUT2D eigenvalue weighted by Gasteiger charge is -2.01. The second kappa shape index (κ2) is 4.05. The second-order valence-corrected chi connectivity index (χ2v) is 4.70. The van der Waals surface area contributed by atoms with Crippen molar-refractivity contribution in [1.29, 1.82) is 0 Å². The van der Waals surface area contributed by atoms with E-state index in [4.69, 9.17) is 9.15 Å². The molecular weight excluding hydrogens is 230 g/mol. The quantitative estimate of drug-likeness (QED) is 0.903. The standard InChI is InChI=1S/C14H15NO3/c1-8(16)15-13-6-10(13)12-7-18-14-4-3-9(17-2)5-11(12)14/h3-5,7,10,13H,6H2,1-2H3,(H,15,16)/t10-,13+/m0/s1. The molecule has 1 saturated carbocycles. The summed E-state index contributed by atoms with van der Waals surface area (Å²) in [5.41, 5.74) is 2.02. The molecular formula is C14H15NO3. The van der Waals surface area contributed by atoms with Crippen LogP contribution in [0.3, 0.4) is 0 Å². The summed E-state index contributed by atoms with van der Waals surface area (Å²) in [7, 11) is 1.65. The van der Waals surface area contributed by atoms with Gasteiger partial charge in [-0.2, -0.15) is 0 Å². The van der Waals surface area contributed by atoms with Gasteiger partial charge < -0.3 is 14.5 Å². The first-order valence-electron chi connectivity index (χ1n) is 6.01. The third-order valence-corrected chi connectivity index (χ3v) is 3.39. The average Bonchev–Trinajstić information content (AvgIpc) is 2.97. The van der Waals surface area contributed by atoms with Crippen molar-refractivity contribution in [1.82, 2.24) is 5.32 Å². The zero-order valence-electron chi connectivity index (χ0n) is 10.4. The Morgan fingerprint density at radius 3 is 3.06 bits per heavy atom. The summed E-state index contributed by atoms with van der Waals surface area (Å²) in [5.74, 6) is 1.21. The molecule has 1 heterocycles. The molecule has 0 radical (unpaired) electrons. The Morgan fingerprint density at radius 2 is 2.33 bits per heavy atom. The van der Waals surface area contributed by atoms with E-state index >= 15 is 0 Å². The molecule has 4 heteroatoms. The molecule has 1 aromatic carbocycles. The highest BCUT2D eigenvalue weighted by molar-refractivity contribution is 5.84. The number of benzene rings is 1. The van der Waals surface area contributed by atoms with E-state index < -0.39 is 0 Å². The van der Waals surface area contributed by atoms with Gasteiger partial charge in [-0.1, -0.05) is 0 Å². The van der Waals surface area contributed by atoms with E-state index in [0.717, 1.165) is 28.7 Å². The molecule has 1 aliphatic rings. The molecule has 1 aliphatic carbocycles. The first-order valence-corrected chi connectivity index (χ1v) is 6.01. The van der Waals surface area contributed by atoms with Crippen LogP contribution in [0.25, 0.3) is 11.0 Å². The molecule has 94 valence electrons. The number of methoxy groups -OCH3 is 1. The second-order valence-electron chi connectivity index (χ2n) is 4.70. The average molecular weight is 245 g/mol. The monoisotopic (exact) mass is 245 g/mol. The number of hydrogen-bond acceptors (Lipinski definition) is 3. The van der Waals surface area contributed by atoms with Gasteiger partial charge in [0.05, 0.1) is 13.4 Å². The fraction of sp³-hybridized carbons (Fsp3) is 0.357. The predicted molar refractivity (Wildman–Crippen MR) is 67.7 cm³/mol. The van der Waals surface area contributed by atoms with Crippen LogP contribution in [0.2, 0.25) is 0 Å². The van der Waals surface area contributed by atoms with Gasteiger partial charge in [0.2, 0.25) is 5.91 Å². The minimum atomic E-state index is 0.0212. The summed E-state index contributed by atoms with van der Waals surface area (Å²) in [4.78, 5) is 11.0. The predicted octanol–water partition coefficient (Wildman–Crippen LogP) is 2.43. The molecule has 0 spiro atoms. The van der Waals surface area contributed by atoms with E-state index in [-0.39, 0.29) is 11.9 Å². The summed E-state index contributed by atoms with van der Waals surface area (Å²) in [6.45, 7) is 1.55. The van der Waals surface area contributed by atoms with Crippen molar-refractivity contribution >= 4 is 16.9 Å². The van der Waals surface area contributed by atoms with Crippen LogP contribution in [0.4, 0.5) is 0 Å². The summed E-state index contributed by atoms with van der Waals surface area (Å²) in [6.07, 6.45) is 2.77. The zero-order chi connectivity index (χ0) is 12.7. The lowest BCUT2D eigenvalue weighted by atomic mass is 10.1. The third-order valence-electron chi connectivity index (χ3n) is 3.39. The van der Waals surface area contributed by atoms with Crippen LogP contribution in [-0.4, -0.2) is 19.1 Å². The maximum atomic E-state index is 11.0. The van der Waals surface area contributed by atoms with Crippen LogP contribution in [0, 0.1) is 0 Å². The molecule has 0 unspecified atom stereocenters. The number of carbonyl (C=O) groups excluding carboxylic acids is 1. The highest BCUT2D eigenvalue weighted by atomic mass is 16.5. The van der Waals surface area contributed by atoms with Crippen molar-refractivity contribution in [2.45, 2.75) is 25.3 Å². The Balaban J connectivity index is 1.91. The third kappa shape index (κ3) is 1.83. The Labute approximate surface area is 105 Å². The number of ether oxygens (including phenoxy) is 1. The van der Waals surface area contributed by atoms with Crippen molar-refractivity contribution in [3.8, 4) is 5.75 Å². The number of fused-ring (bicyclic) bond motifs is 1. The van der Waals surface area contributed by atoms with Crippen LogP contribution in [0.1, 0.15) is 24.8 Å². The highest BCUT2D eigenvalue weighted by Gasteiger charge is 2.40. The molecule has 1 aromatic heterocycles. The maximum Gasteiger partial charge on any atom is 0.217 e. The number of nitrogens with one attached hydrogen (secondary N) is 1. The van der Waals surface area contributed by atoms with E-state index in [0.29, 0.717) is 5.92 Å². The minimum Gasteiger partial charge on any atom is -0.497 e. The molecule has 1 N–H and O–H groups in total. The molecule has 3 rings (SSSR count). The number of hydrogen-bond donors (Lipinski definition) is 1. The van der Waals surface area contributed by atoms with E-state index in [1.54, 1.807) is 20.3 Å². The molecule has 18 heavy (non-hydrogen) atoms. The van der Waals surface area contributed by atoms with Crippen LogP contribution >= 0.6 is 0 Å².